The summed E-state index contributed by atoms with van der Waals surface area (Å²) >= 11 is 0. The van der Waals surface area contributed by atoms with E-state index in [0.717, 1.165) is 12.0 Å². The average molecular weight is 206 g/mol. The molecule has 86 valence electrons. The van der Waals surface area contributed by atoms with Gasteiger partial charge in [0.25, 0.3) is 0 Å². The van der Waals surface area contributed by atoms with Crippen molar-refractivity contribution in [2.45, 2.75) is 59.8 Å². The summed E-state index contributed by atoms with van der Waals surface area (Å²) in [5, 5.41) is 0. The van der Waals surface area contributed by atoms with E-state index in [0.29, 0.717) is 10.8 Å². The Morgan fingerprint density at radius 3 is 1.93 bits per heavy atom. The molecule has 15 heavy (non-hydrogen) atoms. The van der Waals surface area contributed by atoms with Crippen LogP contribution in [0.2, 0.25) is 0 Å². The van der Waals surface area contributed by atoms with E-state index in [9.17, 15) is 0 Å². The monoisotopic (exact) mass is 206 g/mol. The van der Waals surface area contributed by atoms with Gasteiger partial charge >= 0.3 is 0 Å². The Labute approximate surface area is 95.5 Å². The molecule has 0 aromatic rings. The normalized spacial score (nSPS) is 20.3. The van der Waals surface area contributed by atoms with Crippen molar-refractivity contribution >= 4 is 0 Å². The molecule has 0 bridgehead atoms. The van der Waals surface area contributed by atoms with Gasteiger partial charge in [-0.15, -0.1) is 0 Å². The third-order valence-electron chi connectivity index (χ3n) is 4.31. The second kappa shape index (κ2) is 4.15. The fourth-order valence-electron chi connectivity index (χ4n) is 2.80. The highest BCUT2D eigenvalue weighted by Crippen LogP contribution is 2.54. The minimum atomic E-state index is 0.391. The first-order valence-corrected chi connectivity index (χ1v) is 6.12. The molecule has 1 aliphatic rings. The second-order valence-electron chi connectivity index (χ2n) is 6.30. The minimum absolute atomic E-state index is 0.391. The highest BCUT2D eigenvalue weighted by atomic mass is 14.5. The van der Waals surface area contributed by atoms with Crippen LogP contribution in [0.1, 0.15) is 59.8 Å². The van der Waals surface area contributed by atoms with Gasteiger partial charge < -0.3 is 0 Å². The molecule has 0 amide bonds. The topological polar surface area (TPSA) is 0 Å². The standard InChI is InChI=1S/C15H26/c1-12(2)13(3)11-15(14(4,5)6)9-7-8-10-15/h1,3,7-11H2,2,4-6H3. The highest BCUT2D eigenvalue weighted by molar-refractivity contribution is 5.25. The van der Waals surface area contributed by atoms with Gasteiger partial charge in [0.1, 0.15) is 0 Å². The van der Waals surface area contributed by atoms with Crippen LogP contribution in [-0.4, -0.2) is 0 Å². The second-order valence-corrected chi connectivity index (χ2v) is 6.30. The van der Waals surface area contributed by atoms with Crippen molar-refractivity contribution in [3.8, 4) is 0 Å². The molecule has 0 heterocycles. The van der Waals surface area contributed by atoms with Crippen LogP contribution in [0.15, 0.2) is 24.3 Å². The molecule has 0 aromatic carbocycles. The molecular formula is C15H26. The Morgan fingerprint density at radius 2 is 1.60 bits per heavy atom. The minimum Gasteiger partial charge on any atom is -0.0959 e. The summed E-state index contributed by atoms with van der Waals surface area (Å²) in [7, 11) is 0. The third kappa shape index (κ3) is 2.53. The van der Waals surface area contributed by atoms with Crippen molar-refractivity contribution in [3.05, 3.63) is 24.3 Å². The Morgan fingerprint density at radius 1 is 1.13 bits per heavy atom. The summed E-state index contributed by atoms with van der Waals surface area (Å²) in [6, 6.07) is 0. The summed E-state index contributed by atoms with van der Waals surface area (Å²) in [5.74, 6) is 0. The summed E-state index contributed by atoms with van der Waals surface area (Å²) in [5.41, 5.74) is 3.28. The van der Waals surface area contributed by atoms with E-state index in [1.54, 1.807) is 0 Å². The predicted molar refractivity (Wildman–Crippen MR) is 68.9 cm³/mol. The zero-order valence-corrected chi connectivity index (χ0v) is 10.9. The van der Waals surface area contributed by atoms with Gasteiger partial charge in [0, 0.05) is 0 Å². The lowest BCUT2D eigenvalue weighted by Crippen LogP contribution is -2.33. The van der Waals surface area contributed by atoms with E-state index in [1.165, 1.54) is 31.3 Å². The van der Waals surface area contributed by atoms with Gasteiger partial charge in [-0.05, 0) is 37.0 Å². The molecule has 0 nitrogen and oxygen atoms in total. The summed E-state index contributed by atoms with van der Waals surface area (Å²) in [4.78, 5) is 0. The number of hydrogen-bond donors (Lipinski definition) is 0. The van der Waals surface area contributed by atoms with E-state index in [1.807, 2.05) is 0 Å². The number of allylic oxidation sites excluding steroid dienone is 2. The first-order chi connectivity index (χ1) is 6.78. The Balaban J connectivity index is 2.84. The molecule has 1 saturated carbocycles. The smallest absolute Gasteiger partial charge is 0.0209 e. The maximum absolute atomic E-state index is 4.18. The van der Waals surface area contributed by atoms with Crippen molar-refractivity contribution in [3.63, 3.8) is 0 Å². The van der Waals surface area contributed by atoms with E-state index >= 15 is 0 Å². The van der Waals surface area contributed by atoms with Crippen LogP contribution in [0.3, 0.4) is 0 Å². The summed E-state index contributed by atoms with van der Waals surface area (Å²) in [6.45, 7) is 17.4. The molecule has 0 spiro atoms. The maximum Gasteiger partial charge on any atom is -0.0209 e. The van der Waals surface area contributed by atoms with E-state index in [2.05, 4.69) is 40.9 Å². The highest BCUT2D eigenvalue weighted by Gasteiger charge is 2.43. The Hall–Kier alpha value is -0.520. The third-order valence-corrected chi connectivity index (χ3v) is 4.31. The summed E-state index contributed by atoms with van der Waals surface area (Å²) in [6.07, 6.45) is 6.65. The van der Waals surface area contributed by atoms with Crippen LogP contribution in [0.25, 0.3) is 0 Å². The molecule has 0 radical (unpaired) electrons. The van der Waals surface area contributed by atoms with Gasteiger partial charge in [-0.1, -0.05) is 57.9 Å². The SMILES string of the molecule is C=C(C)C(=C)CC1(C(C)(C)C)CCCC1. The molecule has 0 heteroatoms. The molecule has 0 N–H and O–H groups in total. The van der Waals surface area contributed by atoms with Crippen LogP contribution in [0.4, 0.5) is 0 Å². The van der Waals surface area contributed by atoms with Crippen LogP contribution in [-0.2, 0) is 0 Å². The van der Waals surface area contributed by atoms with Crippen LogP contribution in [0, 0.1) is 10.8 Å². The average Bonchev–Trinajstić information content (AvgIpc) is 2.52. The molecule has 0 aliphatic heterocycles. The molecule has 1 aliphatic carbocycles. The van der Waals surface area contributed by atoms with Crippen molar-refractivity contribution in [2.75, 3.05) is 0 Å². The lowest BCUT2D eigenvalue weighted by molar-refractivity contribution is 0.0939. The molecule has 0 atom stereocenters. The molecule has 0 unspecified atom stereocenters. The zero-order valence-electron chi connectivity index (χ0n) is 10.9. The maximum atomic E-state index is 4.18. The van der Waals surface area contributed by atoms with Crippen LogP contribution in [0.5, 0.6) is 0 Å². The van der Waals surface area contributed by atoms with Crippen molar-refractivity contribution in [2.24, 2.45) is 10.8 Å². The quantitative estimate of drug-likeness (QED) is 0.562. The number of rotatable bonds is 3. The van der Waals surface area contributed by atoms with Gasteiger partial charge in [0.05, 0.1) is 0 Å². The van der Waals surface area contributed by atoms with E-state index < -0.39 is 0 Å². The largest absolute Gasteiger partial charge is 0.0959 e. The lowest BCUT2D eigenvalue weighted by atomic mass is 9.62. The predicted octanol–water partition coefficient (Wildman–Crippen LogP) is 5.12. The van der Waals surface area contributed by atoms with Crippen LogP contribution >= 0.6 is 0 Å². The van der Waals surface area contributed by atoms with E-state index in [-0.39, 0.29) is 0 Å². The molecule has 0 saturated heterocycles. The fourth-order valence-corrected chi connectivity index (χ4v) is 2.80. The van der Waals surface area contributed by atoms with Crippen molar-refractivity contribution in [1.82, 2.24) is 0 Å². The first kappa shape index (κ1) is 12.5. The molecule has 1 rings (SSSR count). The Bertz CT molecular complexity index is 256. The van der Waals surface area contributed by atoms with Crippen LogP contribution < -0.4 is 0 Å². The zero-order chi connectivity index (χ0) is 11.7. The van der Waals surface area contributed by atoms with Gasteiger partial charge in [-0.2, -0.15) is 0 Å². The van der Waals surface area contributed by atoms with Gasteiger partial charge in [0.15, 0.2) is 0 Å². The Kier molecular flexibility index (Phi) is 3.48. The fraction of sp³-hybridized carbons (Fsp3) is 0.733. The molecule has 0 aromatic heterocycles. The summed E-state index contributed by atoms with van der Waals surface area (Å²) < 4.78 is 0. The molecular weight excluding hydrogens is 180 g/mol. The van der Waals surface area contributed by atoms with Gasteiger partial charge in [0.2, 0.25) is 0 Å². The first-order valence-electron chi connectivity index (χ1n) is 6.12. The van der Waals surface area contributed by atoms with Crippen molar-refractivity contribution in [1.29, 1.82) is 0 Å². The van der Waals surface area contributed by atoms with Gasteiger partial charge in [-0.3, -0.25) is 0 Å². The lowest BCUT2D eigenvalue weighted by Gasteiger charge is -2.43. The van der Waals surface area contributed by atoms with Gasteiger partial charge in [-0.25, -0.2) is 0 Å². The number of hydrogen-bond acceptors (Lipinski definition) is 0. The van der Waals surface area contributed by atoms with E-state index in [4.69, 9.17) is 0 Å². The van der Waals surface area contributed by atoms with Crippen molar-refractivity contribution < 1.29 is 0 Å². The molecule has 1 fully saturated rings.